The molecular weight excluding hydrogens is 336 g/mol. The number of esters is 1. The number of carbonyl (C=O) groups is 2. The predicted octanol–water partition coefficient (Wildman–Crippen LogP) is 2.53. The Morgan fingerprint density at radius 3 is 2.28 bits per heavy atom. The Bertz CT molecular complexity index is 749. The molecule has 0 atom stereocenters. The van der Waals surface area contributed by atoms with E-state index in [1.807, 2.05) is 0 Å². The van der Waals surface area contributed by atoms with Gasteiger partial charge in [0, 0.05) is 11.8 Å². The van der Waals surface area contributed by atoms with Crippen molar-refractivity contribution >= 4 is 17.6 Å². The highest BCUT2D eigenvalue weighted by Gasteiger charge is 2.10. The molecule has 6 nitrogen and oxygen atoms in total. The molecule has 0 saturated heterocycles. The molecule has 1 amide bonds. The van der Waals surface area contributed by atoms with Crippen LogP contribution < -0.4 is 14.8 Å². The van der Waals surface area contributed by atoms with Crippen LogP contribution in [-0.4, -0.2) is 32.2 Å². The number of amides is 1. The molecule has 0 aliphatic carbocycles. The molecule has 0 aliphatic rings. The second-order valence-electron chi connectivity index (χ2n) is 4.80. The van der Waals surface area contributed by atoms with E-state index in [0.29, 0.717) is 11.5 Å². The van der Waals surface area contributed by atoms with Crippen LogP contribution in [0.4, 0.5) is 14.5 Å². The highest BCUT2D eigenvalue weighted by Crippen LogP contribution is 2.17. The smallest absolute Gasteiger partial charge is 0.344 e. The van der Waals surface area contributed by atoms with E-state index in [4.69, 9.17) is 14.2 Å². The van der Waals surface area contributed by atoms with E-state index in [1.54, 1.807) is 24.3 Å². The molecule has 132 valence electrons. The summed E-state index contributed by atoms with van der Waals surface area (Å²) >= 11 is 0. The highest BCUT2D eigenvalue weighted by atomic mass is 19.2. The lowest BCUT2D eigenvalue weighted by Gasteiger charge is -2.08. The Morgan fingerprint density at radius 1 is 0.960 bits per heavy atom. The Balaban J connectivity index is 1.73. The maximum Gasteiger partial charge on any atom is 0.344 e. The molecule has 2 aromatic carbocycles. The molecule has 2 aromatic rings. The third-order valence-corrected chi connectivity index (χ3v) is 2.98. The molecule has 0 radical (unpaired) electrons. The number of carbonyl (C=O) groups excluding carboxylic acids is 2. The number of methoxy groups -OCH3 is 1. The summed E-state index contributed by atoms with van der Waals surface area (Å²) in [5.74, 6) is -2.49. The normalized spacial score (nSPS) is 10.0. The Morgan fingerprint density at radius 2 is 1.64 bits per heavy atom. The van der Waals surface area contributed by atoms with Gasteiger partial charge in [-0.3, -0.25) is 4.79 Å². The topological polar surface area (TPSA) is 73.9 Å². The van der Waals surface area contributed by atoms with Crippen LogP contribution in [0.25, 0.3) is 0 Å². The molecule has 2 rings (SSSR count). The second-order valence-corrected chi connectivity index (χ2v) is 4.80. The van der Waals surface area contributed by atoms with Crippen LogP contribution in [0.5, 0.6) is 11.5 Å². The monoisotopic (exact) mass is 351 g/mol. The van der Waals surface area contributed by atoms with E-state index in [2.05, 4.69) is 5.32 Å². The Kier molecular flexibility index (Phi) is 6.27. The van der Waals surface area contributed by atoms with Gasteiger partial charge in [-0.25, -0.2) is 13.6 Å². The van der Waals surface area contributed by atoms with Crippen molar-refractivity contribution in [1.82, 2.24) is 0 Å². The van der Waals surface area contributed by atoms with Crippen molar-refractivity contribution in [3.05, 3.63) is 54.1 Å². The lowest BCUT2D eigenvalue weighted by Crippen LogP contribution is -2.23. The first-order valence-corrected chi connectivity index (χ1v) is 7.15. The van der Waals surface area contributed by atoms with Gasteiger partial charge in [0.15, 0.2) is 24.8 Å². The summed E-state index contributed by atoms with van der Waals surface area (Å²) in [7, 11) is 1.53. The largest absolute Gasteiger partial charge is 0.497 e. The third-order valence-electron chi connectivity index (χ3n) is 2.98. The summed E-state index contributed by atoms with van der Waals surface area (Å²) < 4.78 is 40.7. The molecule has 25 heavy (non-hydrogen) atoms. The van der Waals surface area contributed by atoms with Crippen LogP contribution in [0, 0.1) is 11.6 Å². The number of ether oxygens (including phenoxy) is 3. The quantitative estimate of drug-likeness (QED) is 0.776. The highest BCUT2D eigenvalue weighted by molar-refractivity contribution is 5.92. The fraction of sp³-hybridized carbons (Fsp3) is 0.176. The summed E-state index contributed by atoms with van der Waals surface area (Å²) in [5, 5.41) is 2.27. The van der Waals surface area contributed by atoms with Crippen molar-refractivity contribution in [2.24, 2.45) is 0 Å². The van der Waals surface area contributed by atoms with Crippen molar-refractivity contribution in [2.75, 3.05) is 25.6 Å². The second kappa shape index (κ2) is 8.62. The average molecular weight is 351 g/mol. The van der Waals surface area contributed by atoms with Crippen molar-refractivity contribution in [3.8, 4) is 11.5 Å². The first kappa shape index (κ1) is 18.2. The molecule has 0 saturated carbocycles. The number of benzene rings is 2. The van der Waals surface area contributed by atoms with Gasteiger partial charge in [-0.15, -0.1) is 0 Å². The fourth-order valence-electron chi connectivity index (χ4n) is 1.77. The fourth-order valence-corrected chi connectivity index (χ4v) is 1.77. The van der Waals surface area contributed by atoms with Crippen molar-refractivity contribution < 1.29 is 32.6 Å². The molecular formula is C17H15F2NO5. The predicted molar refractivity (Wildman–Crippen MR) is 84.4 cm³/mol. The van der Waals surface area contributed by atoms with E-state index in [1.165, 1.54) is 13.2 Å². The minimum atomic E-state index is -1.09. The van der Waals surface area contributed by atoms with Gasteiger partial charge in [0.05, 0.1) is 7.11 Å². The maximum absolute atomic E-state index is 13.0. The van der Waals surface area contributed by atoms with Gasteiger partial charge >= 0.3 is 5.97 Å². The number of halogens is 2. The number of anilines is 1. The maximum atomic E-state index is 13.0. The molecule has 8 heteroatoms. The van der Waals surface area contributed by atoms with Crippen molar-refractivity contribution in [2.45, 2.75) is 0 Å². The lowest BCUT2D eigenvalue weighted by atomic mass is 10.3. The van der Waals surface area contributed by atoms with Crippen LogP contribution in [-0.2, 0) is 14.3 Å². The van der Waals surface area contributed by atoms with E-state index in [9.17, 15) is 18.4 Å². The van der Waals surface area contributed by atoms with Crippen LogP contribution >= 0.6 is 0 Å². The van der Waals surface area contributed by atoms with Gasteiger partial charge < -0.3 is 19.5 Å². The standard InChI is InChI=1S/C17H15F2NO5/c1-23-12-3-5-13(6-4-12)24-10-17(22)25-9-16(21)20-11-2-7-14(18)15(19)8-11/h2-8H,9-10H2,1H3,(H,20,21). The zero-order valence-electron chi connectivity index (χ0n) is 13.3. The van der Waals surface area contributed by atoms with Gasteiger partial charge in [0.2, 0.25) is 0 Å². The number of hydrogen-bond acceptors (Lipinski definition) is 5. The van der Waals surface area contributed by atoms with E-state index >= 15 is 0 Å². The van der Waals surface area contributed by atoms with E-state index < -0.39 is 30.1 Å². The summed E-state index contributed by atoms with van der Waals surface area (Å²) in [4.78, 5) is 23.1. The number of rotatable bonds is 7. The van der Waals surface area contributed by atoms with Gasteiger partial charge in [0.25, 0.3) is 5.91 Å². The Labute approximate surface area is 142 Å². The van der Waals surface area contributed by atoms with Gasteiger partial charge in [-0.05, 0) is 36.4 Å². The molecule has 0 unspecified atom stereocenters. The van der Waals surface area contributed by atoms with Gasteiger partial charge in [-0.1, -0.05) is 0 Å². The van der Waals surface area contributed by atoms with Gasteiger partial charge in [0.1, 0.15) is 11.5 Å². The van der Waals surface area contributed by atoms with Crippen molar-refractivity contribution in [1.29, 1.82) is 0 Å². The summed E-state index contributed by atoms with van der Waals surface area (Å²) in [5.41, 5.74) is 0.0504. The number of hydrogen-bond donors (Lipinski definition) is 1. The first-order valence-electron chi connectivity index (χ1n) is 7.15. The minimum absolute atomic E-state index is 0.0504. The summed E-state index contributed by atoms with van der Waals surface area (Å²) in [6, 6.07) is 9.43. The van der Waals surface area contributed by atoms with E-state index in [0.717, 1.165) is 12.1 Å². The Hall–Kier alpha value is -3.16. The van der Waals surface area contributed by atoms with Crippen LogP contribution in [0.1, 0.15) is 0 Å². The zero-order valence-corrected chi connectivity index (χ0v) is 13.3. The van der Waals surface area contributed by atoms with Crippen LogP contribution in [0.15, 0.2) is 42.5 Å². The molecule has 0 fully saturated rings. The van der Waals surface area contributed by atoms with Crippen LogP contribution in [0.3, 0.4) is 0 Å². The molecule has 0 aliphatic heterocycles. The molecule has 0 heterocycles. The molecule has 0 aromatic heterocycles. The van der Waals surface area contributed by atoms with Crippen LogP contribution in [0.2, 0.25) is 0 Å². The zero-order chi connectivity index (χ0) is 18.2. The average Bonchev–Trinajstić information content (AvgIpc) is 2.61. The third kappa shape index (κ3) is 5.76. The SMILES string of the molecule is COc1ccc(OCC(=O)OCC(=O)Nc2ccc(F)c(F)c2)cc1. The number of nitrogens with one attached hydrogen (secondary N) is 1. The van der Waals surface area contributed by atoms with E-state index in [-0.39, 0.29) is 12.3 Å². The molecule has 1 N–H and O–H groups in total. The summed E-state index contributed by atoms with van der Waals surface area (Å²) in [6.07, 6.45) is 0. The molecule has 0 bridgehead atoms. The van der Waals surface area contributed by atoms with Crippen molar-refractivity contribution in [3.63, 3.8) is 0 Å². The first-order chi connectivity index (χ1) is 12.0. The summed E-state index contributed by atoms with van der Waals surface area (Å²) in [6.45, 7) is -0.964. The minimum Gasteiger partial charge on any atom is -0.497 e. The lowest BCUT2D eigenvalue weighted by molar-refractivity contribution is -0.149. The van der Waals surface area contributed by atoms with Gasteiger partial charge in [-0.2, -0.15) is 0 Å². The molecule has 0 spiro atoms.